The summed E-state index contributed by atoms with van der Waals surface area (Å²) in [5.41, 5.74) is 1.18. The van der Waals surface area contributed by atoms with Gasteiger partial charge >= 0.3 is 0 Å². The number of hydrogen-bond donors (Lipinski definition) is 0. The van der Waals surface area contributed by atoms with Crippen LogP contribution in [0.3, 0.4) is 0 Å². The van der Waals surface area contributed by atoms with E-state index in [-0.39, 0.29) is 11.2 Å². The number of thiophene rings is 1. The zero-order valence-electron chi connectivity index (χ0n) is 16.7. The van der Waals surface area contributed by atoms with Crippen molar-refractivity contribution in [3.8, 4) is 0 Å². The summed E-state index contributed by atoms with van der Waals surface area (Å²) in [6.45, 7) is 7.04. The van der Waals surface area contributed by atoms with E-state index in [4.69, 9.17) is 9.72 Å². The van der Waals surface area contributed by atoms with Gasteiger partial charge < -0.3 is 4.74 Å². The molecule has 0 unspecified atom stereocenters. The number of hydrogen-bond acceptors (Lipinski definition) is 5. The predicted octanol–water partition coefficient (Wildman–Crippen LogP) is 5.71. The van der Waals surface area contributed by atoms with Gasteiger partial charge in [-0.15, -0.1) is 11.3 Å². The lowest BCUT2D eigenvalue weighted by atomic mass is 9.93. The first-order chi connectivity index (χ1) is 13.0. The summed E-state index contributed by atoms with van der Waals surface area (Å²) >= 11 is 3.43. The average molecular weight is 407 g/mol. The summed E-state index contributed by atoms with van der Waals surface area (Å²) in [5, 5.41) is 1.81. The van der Waals surface area contributed by atoms with E-state index in [0.29, 0.717) is 12.6 Å². The minimum atomic E-state index is -0.211. The number of fused-ring (bicyclic) bond motifs is 3. The molecule has 2 aromatic rings. The van der Waals surface area contributed by atoms with Gasteiger partial charge in [-0.05, 0) is 38.7 Å². The van der Waals surface area contributed by atoms with Crippen LogP contribution in [0.25, 0.3) is 10.2 Å². The first-order valence-corrected chi connectivity index (χ1v) is 12.1. The van der Waals surface area contributed by atoms with Gasteiger partial charge in [-0.25, -0.2) is 4.98 Å². The molecule has 0 saturated heterocycles. The van der Waals surface area contributed by atoms with Crippen LogP contribution in [0.5, 0.6) is 0 Å². The van der Waals surface area contributed by atoms with Gasteiger partial charge in [0.2, 0.25) is 0 Å². The van der Waals surface area contributed by atoms with Gasteiger partial charge in [0, 0.05) is 23.1 Å². The fourth-order valence-electron chi connectivity index (χ4n) is 4.26. The SMILES string of the molecule is CCCCSc1nc2sc3c(c2c(=O)n1C1CCCCC1)CC(C)(C)OC3. The third kappa shape index (κ3) is 3.85. The van der Waals surface area contributed by atoms with Crippen molar-refractivity contribution < 1.29 is 4.74 Å². The molecule has 4 rings (SSSR count). The summed E-state index contributed by atoms with van der Waals surface area (Å²) in [6.07, 6.45) is 9.07. The van der Waals surface area contributed by atoms with Crippen molar-refractivity contribution in [2.45, 2.75) is 95.5 Å². The van der Waals surface area contributed by atoms with E-state index in [1.54, 1.807) is 23.1 Å². The Kier molecular flexibility index (Phi) is 5.68. The highest BCUT2D eigenvalue weighted by molar-refractivity contribution is 7.99. The average Bonchev–Trinajstić information content (AvgIpc) is 2.99. The maximum absolute atomic E-state index is 13.7. The van der Waals surface area contributed by atoms with Crippen LogP contribution in [-0.4, -0.2) is 20.9 Å². The van der Waals surface area contributed by atoms with Crippen molar-refractivity contribution in [3.63, 3.8) is 0 Å². The monoisotopic (exact) mass is 406 g/mol. The summed E-state index contributed by atoms with van der Waals surface area (Å²) in [7, 11) is 0. The third-order valence-electron chi connectivity index (χ3n) is 5.77. The second-order valence-corrected chi connectivity index (χ2v) is 10.6. The molecule has 1 saturated carbocycles. The molecule has 1 aliphatic carbocycles. The molecule has 6 heteroatoms. The lowest BCUT2D eigenvalue weighted by Crippen LogP contribution is -2.33. The lowest BCUT2D eigenvalue weighted by Gasteiger charge is -2.30. The van der Waals surface area contributed by atoms with Crippen LogP contribution in [0.1, 0.15) is 82.2 Å². The van der Waals surface area contributed by atoms with Crippen molar-refractivity contribution >= 4 is 33.3 Å². The zero-order valence-corrected chi connectivity index (χ0v) is 18.3. The van der Waals surface area contributed by atoms with Crippen LogP contribution in [0.2, 0.25) is 0 Å². The quantitative estimate of drug-likeness (QED) is 0.362. The Morgan fingerprint density at radius 3 is 2.81 bits per heavy atom. The molecule has 148 valence electrons. The molecular formula is C21H30N2O2S2. The Labute approximate surface area is 169 Å². The van der Waals surface area contributed by atoms with E-state index in [0.717, 1.165) is 46.8 Å². The summed E-state index contributed by atoms with van der Waals surface area (Å²) in [5.74, 6) is 1.03. The van der Waals surface area contributed by atoms with E-state index in [1.165, 1.54) is 36.1 Å². The highest BCUT2D eigenvalue weighted by Crippen LogP contribution is 2.39. The van der Waals surface area contributed by atoms with Crippen LogP contribution >= 0.6 is 23.1 Å². The number of aromatic nitrogens is 2. The fraction of sp³-hybridized carbons (Fsp3) is 0.714. The van der Waals surface area contributed by atoms with Gasteiger partial charge in [0.25, 0.3) is 5.56 Å². The molecule has 0 atom stereocenters. The minimum absolute atomic E-state index is 0.195. The molecule has 4 nitrogen and oxygen atoms in total. The Balaban J connectivity index is 1.84. The number of ether oxygens (including phenoxy) is 1. The van der Waals surface area contributed by atoms with Crippen molar-refractivity contribution in [3.05, 3.63) is 20.8 Å². The van der Waals surface area contributed by atoms with Crippen LogP contribution in [0.4, 0.5) is 0 Å². The van der Waals surface area contributed by atoms with Gasteiger partial charge in [-0.2, -0.15) is 0 Å². The number of rotatable bonds is 5. The molecule has 0 aromatic carbocycles. The standard InChI is InChI=1S/C21H30N2O2S2/c1-4-5-11-26-20-22-18-17(15-12-21(2,3)25-13-16(15)27-18)19(24)23(20)14-9-7-6-8-10-14/h14H,4-13H2,1-3H3. The van der Waals surface area contributed by atoms with Crippen molar-refractivity contribution in [2.24, 2.45) is 0 Å². The molecule has 0 amide bonds. The number of thioether (sulfide) groups is 1. The smallest absolute Gasteiger partial charge is 0.263 e. The van der Waals surface area contributed by atoms with Gasteiger partial charge in [0.1, 0.15) is 4.83 Å². The molecule has 0 bridgehead atoms. The van der Waals surface area contributed by atoms with Crippen molar-refractivity contribution in [2.75, 3.05) is 5.75 Å². The van der Waals surface area contributed by atoms with Gasteiger partial charge in [-0.1, -0.05) is 44.4 Å². The molecule has 27 heavy (non-hydrogen) atoms. The van der Waals surface area contributed by atoms with Crippen LogP contribution < -0.4 is 5.56 Å². The maximum atomic E-state index is 13.7. The minimum Gasteiger partial charge on any atom is -0.370 e. The summed E-state index contributed by atoms with van der Waals surface area (Å²) in [4.78, 5) is 20.8. The first kappa shape index (κ1) is 19.5. The topological polar surface area (TPSA) is 44.1 Å². The van der Waals surface area contributed by atoms with Gasteiger partial charge in [-0.3, -0.25) is 9.36 Å². The fourth-order valence-corrected chi connectivity index (χ4v) is 6.55. The second kappa shape index (κ2) is 7.88. The second-order valence-electron chi connectivity index (χ2n) is 8.47. The van der Waals surface area contributed by atoms with E-state index in [1.807, 2.05) is 0 Å². The molecule has 2 aliphatic rings. The molecule has 1 fully saturated rings. The number of unbranched alkanes of at least 4 members (excludes halogenated alkanes) is 1. The normalized spacial score (nSPS) is 20.1. The van der Waals surface area contributed by atoms with E-state index in [9.17, 15) is 4.79 Å². The molecule has 0 N–H and O–H groups in total. The third-order valence-corrected chi connectivity index (χ3v) is 7.91. The lowest BCUT2D eigenvalue weighted by molar-refractivity contribution is -0.0379. The van der Waals surface area contributed by atoms with Gasteiger partial charge in [0.05, 0.1) is 17.6 Å². The molecule has 0 spiro atoms. The Bertz CT molecular complexity index is 878. The molecule has 2 aromatic heterocycles. The van der Waals surface area contributed by atoms with Crippen molar-refractivity contribution in [1.82, 2.24) is 9.55 Å². The molecular weight excluding hydrogens is 376 g/mol. The van der Waals surface area contributed by atoms with E-state index < -0.39 is 0 Å². The van der Waals surface area contributed by atoms with Crippen LogP contribution in [0.15, 0.2) is 9.95 Å². The zero-order chi connectivity index (χ0) is 19.0. The van der Waals surface area contributed by atoms with E-state index >= 15 is 0 Å². The van der Waals surface area contributed by atoms with Crippen molar-refractivity contribution in [1.29, 1.82) is 0 Å². The summed E-state index contributed by atoms with van der Waals surface area (Å²) in [6, 6.07) is 0.315. The Morgan fingerprint density at radius 1 is 1.30 bits per heavy atom. The number of nitrogens with zero attached hydrogens (tertiary/aromatic N) is 2. The highest BCUT2D eigenvalue weighted by Gasteiger charge is 2.32. The van der Waals surface area contributed by atoms with E-state index in [2.05, 4.69) is 25.3 Å². The largest absolute Gasteiger partial charge is 0.370 e. The first-order valence-electron chi connectivity index (χ1n) is 10.3. The predicted molar refractivity (Wildman–Crippen MR) is 114 cm³/mol. The van der Waals surface area contributed by atoms with Gasteiger partial charge in [0.15, 0.2) is 5.16 Å². The maximum Gasteiger partial charge on any atom is 0.263 e. The molecule has 0 radical (unpaired) electrons. The Morgan fingerprint density at radius 2 is 2.07 bits per heavy atom. The summed E-state index contributed by atoms with van der Waals surface area (Å²) < 4.78 is 8.05. The van der Waals surface area contributed by atoms with Crippen LogP contribution in [-0.2, 0) is 17.8 Å². The molecule has 1 aliphatic heterocycles. The highest BCUT2D eigenvalue weighted by atomic mass is 32.2. The van der Waals surface area contributed by atoms with Crippen LogP contribution in [0, 0.1) is 0 Å². The molecule has 3 heterocycles. The Hall–Kier alpha value is -0.850.